The highest BCUT2D eigenvalue weighted by Crippen LogP contribution is 2.48. The van der Waals surface area contributed by atoms with Gasteiger partial charge in [-0.25, -0.2) is 0 Å². The van der Waals surface area contributed by atoms with E-state index < -0.39 is 0 Å². The lowest BCUT2D eigenvalue weighted by molar-refractivity contribution is -0.142. The van der Waals surface area contributed by atoms with Crippen molar-refractivity contribution in [2.45, 2.75) is 46.0 Å². The van der Waals surface area contributed by atoms with Gasteiger partial charge in [0.05, 0.1) is 16.5 Å². The number of benzene rings is 1. The topological polar surface area (TPSA) is 56.8 Å². The van der Waals surface area contributed by atoms with E-state index in [9.17, 15) is 9.59 Å². The average molecular weight is 495 g/mol. The van der Waals surface area contributed by atoms with Crippen LogP contribution in [0.5, 0.6) is 0 Å². The standard InChI is InChI=1S/C28H38N4O2S/c1-18-15-19(2)25-24(18)27(33)32(28(25)34)17-21-8-4-3-7-20(21)16-30-11-13-31(14-12-30)26-22-9-5-6-10-23(22)35-29-26/h5-6,9-10,18-21,24-25H,3-4,7-8,11-17H2,1-2H3/t18-,19+,20?,21?,24+,25-. The van der Waals surface area contributed by atoms with Gasteiger partial charge in [-0.1, -0.05) is 38.8 Å². The summed E-state index contributed by atoms with van der Waals surface area (Å²) in [5, 5.41) is 1.27. The van der Waals surface area contributed by atoms with Gasteiger partial charge in [-0.3, -0.25) is 19.4 Å². The molecule has 6 rings (SSSR count). The van der Waals surface area contributed by atoms with Crippen molar-refractivity contribution in [3.05, 3.63) is 24.3 Å². The highest BCUT2D eigenvalue weighted by atomic mass is 32.1. The van der Waals surface area contributed by atoms with Crippen molar-refractivity contribution in [2.24, 2.45) is 35.5 Å². The normalized spacial score (nSPS) is 34.2. The Bertz CT molecular complexity index is 1070. The van der Waals surface area contributed by atoms with Gasteiger partial charge in [0.15, 0.2) is 0 Å². The van der Waals surface area contributed by atoms with E-state index in [1.54, 1.807) is 16.4 Å². The summed E-state index contributed by atoms with van der Waals surface area (Å²) >= 11 is 1.59. The molecule has 4 fully saturated rings. The maximum absolute atomic E-state index is 13.2. The molecular formula is C28H38N4O2S. The smallest absolute Gasteiger partial charge is 0.233 e. The van der Waals surface area contributed by atoms with Crippen molar-refractivity contribution in [1.82, 2.24) is 14.2 Å². The van der Waals surface area contributed by atoms with Gasteiger partial charge in [-0.05, 0) is 66.6 Å². The van der Waals surface area contributed by atoms with Crippen LogP contribution in [0.25, 0.3) is 10.1 Å². The summed E-state index contributed by atoms with van der Waals surface area (Å²) in [6, 6.07) is 8.52. The summed E-state index contributed by atoms with van der Waals surface area (Å²) in [6.07, 6.45) is 5.87. The lowest BCUT2D eigenvalue weighted by Gasteiger charge is -2.40. The number of hydrogen-bond acceptors (Lipinski definition) is 6. The molecule has 1 aromatic heterocycles. The zero-order valence-corrected chi connectivity index (χ0v) is 21.9. The molecule has 1 aromatic carbocycles. The van der Waals surface area contributed by atoms with E-state index in [0.717, 1.165) is 51.4 Å². The Morgan fingerprint density at radius 1 is 0.886 bits per heavy atom. The molecule has 35 heavy (non-hydrogen) atoms. The summed E-state index contributed by atoms with van der Waals surface area (Å²) in [5.41, 5.74) is 0. The monoisotopic (exact) mass is 494 g/mol. The second kappa shape index (κ2) is 9.47. The number of rotatable bonds is 5. The molecule has 4 aliphatic rings. The van der Waals surface area contributed by atoms with Crippen LogP contribution in [0.2, 0.25) is 0 Å². The van der Waals surface area contributed by atoms with Gasteiger partial charge in [0.2, 0.25) is 11.8 Å². The molecule has 2 unspecified atom stereocenters. The molecule has 2 amide bonds. The zero-order valence-electron chi connectivity index (χ0n) is 21.1. The highest BCUT2D eigenvalue weighted by molar-refractivity contribution is 7.13. The number of carbonyl (C=O) groups is 2. The zero-order chi connectivity index (χ0) is 24.1. The number of anilines is 1. The molecule has 188 valence electrons. The number of hydrogen-bond donors (Lipinski definition) is 0. The van der Waals surface area contributed by atoms with Crippen molar-refractivity contribution in [3.8, 4) is 0 Å². The number of carbonyl (C=O) groups excluding carboxylic acids is 2. The first-order valence-electron chi connectivity index (χ1n) is 13.7. The Morgan fingerprint density at radius 3 is 2.20 bits per heavy atom. The first-order chi connectivity index (χ1) is 17.0. The quantitative estimate of drug-likeness (QED) is 0.573. The summed E-state index contributed by atoms with van der Waals surface area (Å²) in [4.78, 5) is 33.2. The third kappa shape index (κ3) is 4.18. The fourth-order valence-electron chi connectivity index (χ4n) is 7.60. The molecule has 2 aromatic rings. The van der Waals surface area contributed by atoms with Crippen LogP contribution in [0.3, 0.4) is 0 Å². The van der Waals surface area contributed by atoms with Crippen LogP contribution >= 0.6 is 11.5 Å². The number of fused-ring (bicyclic) bond motifs is 2. The molecule has 2 saturated carbocycles. The van der Waals surface area contributed by atoms with E-state index in [1.165, 1.54) is 29.3 Å². The van der Waals surface area contributed by atoms with E-state index in [1.807, 2.05) is 0 Å². The second-order valence-electron chi connectivity index (χ2n) is 11.6. The number of imide groups is 1. The van der Waals surface area contributed by atoms with Crippen LogP contribution in [0.1, 0.15) is 46.0 Å². The van der Waals surface area contributed by atoms with E-state index in [4.69, 9.17) is 4.37 Å². The van der Waals surface area contributed by atoms with Crippen LogP contribution in [0.4, 0.5) is 5.82 Å². The van der Waals surface area contributed by atoms with Crippen molar-refractivity contribution in [1.29, 1.82) is 0 Å². The van der Waals surface area contributed by atoms with Crippen LogP contribution in [-0.4, -0.2) is 65.3 Å². The molecule has 2 aliphatic heterocycles. The molecule has 0 N–H and O–H groups in total. The van der Waals surface area contributed by atoms with Crippen molar-refractivity contribution >= 4 is 39.3 Å². The SMILES string of the molecule is C[C@@H]1C[C@H](C)[C@H]2C(=O)N(CC3CCCCC3CN3CCN(c4nsc5ccccc45)CC3)C(=O)[C@H]21. The Balaban J connectivity index is 1.08. The molecule has 0 radical (unpaired) electrons. The van der Waals surface area contributed by atoms with Crippen molar-refractivity contribution in [3.63, 3.8) is 0 Å². The summed E-state index contributed by atoms with van der Waals surface area (Å²) in [6.45, 7) is 10.2. The third-order valence-corrected chi connectivity index (χ3v) is 10.3. The largest absolute Gasteiger partial charge is 0.353 e. The Hall–Kier alpha value is -1.99. The summed E-state index contributed by atoms with van der Waals surface area (Å²) in [5.74, 6) is 2.97. The van der Waals surface area contributed by atoms with Crippen LogP contribution in [0, 0.1) is 35.5 Å². The van der Waals surface area contributed by atoms with Gasteiger partial charge >= 0.3 is 0 Å². The highest BCUT2D eigenvalue weighted by Gasteiger charge is 2.56. The predicted octanol–water partition coefficient (Wildman–Crippen LogP) is 4.50. The molecule has 6 nitrogen and oxygen atoms in total. The van der Waals surface area contributed by atoms with Crippen molar-refractivity contribution < 1.29 is 9.59 Å². The van der Waals surface area contributed by atoms with Crippen molar-refractivity contribution in [2.75, 3.05) is 44.2 Å². The predicted molar refractivity (Wildman–Crippen MR) is 140 cm³/mol. The first-order valence-corrected chi connectivity index (χ1v) is 14.5. The minimum Gasteiger partial charge on any atom is -0.353 e. The minimum atomic E-state index is -0.0607. The Morgan fingerprint density at radius 2 is 1.51 bits per heavy atom. The van der Waals surface area contributed by atoms with E-state index in [-0.39, 0.29) is 23.7 Å². The van der Waals surface area contributed by atoms with Gasteiger partial charge in [0.25, 0.3) is 0 Å². The maximum atomic E-state index is 13.2. The van der Waals surface area contributed by atoms with Crippen LogP contribution in [-0.2, 0) is 9.59 Å². The Labute approximate surface area is 212 Å². The van der Waals surface area contributed by atoms with E-state index >= 15 is 0 Å². The third-order valence-electron chi connectivity index (χ3n) is 9.47. The number of aromatic nitrogens is 1. The lowest BCUT2D eigenvalue weighted by atomic mass is 9.78. The molecule has 2 aliphatic carbocycles. The molecule has 0 bridgehead atoms. The molecule has 3 heterocycles. The maximum Gasteiger partial charge on any atom is 0.233 e. The fraction of sp³-hybridized carbons (Fsp3) is 0.679. The average Bonchev–Trinajstić information content (AvgIpc) is 3.50. The van der Waals surface area contributed by atoms with E-state index in [0.29, 0.717) is 30.2 Å². The number of piperazine rings is 1. The number of likely N-dealkylation sites (tertiary alicyclic amines) is 1. The second-order valence-corrected chi connectivity index (χ2v) is 12.4. The molecule has 2 saturated heterocycles. The van der Waals surface area contributed by atoms with Gasteiger partial charge in [0, 0.05) is 44.7 Å². The molecular weight excluding hydrogens is 456 g/mol. The number of nitrogens with zero attached hydrogens (tertiary/aromatic N) is 4. The van der Waals surface area contributed by atoms with Gasteiger partial charge < -0.3 is 4.90 Å². The molecule has 6 atom stereocenters. The summed E-state index contributed by atoms with van der Waals surface area (Å²) < 4.78 is 6.02. The van der Waals surface area contributed by atoms with Crippen LogP contribution < -0.4 is 4.90 Å². The van der Waals surface area contributed by atoms with Crippen LogP contribution in [0.15, 0.2) is 24.3 Å². The Kier molecular flexibility index (Phi) is 6.33. The fourth-order valence-corrected chi connectivity index (χ4v) is 8.40. The lowest BCUT2D eigenvalue weighted by Crippen LogP contribution is -2.49. The minimum absolute atomic E-state index is 0.0607. The van der Waals surface area contributed by atoms with Gasteiger partial charge in [-0.2, -0.15) is 4.37 Å². The first kappa shape index (κ1) is 23.4. The van der Waals surface area contributed by atoms with Gasteiger partial charge in [-0.15, -0.1) is 0 Å². The molecule has 7 heteroatoms. The number of amides is 2. The van der Waals surface area contributed by atoms with Gasteiger partial charge in [0.1, 0.15) is 5.82 Å². The molecule has 0 spiro atoms. The van der Waals surface area contributed by atoms with E-state index in [2.05, 4.69) is 47.9 Å². The summed E-state index contributed by atoms with van der Waals surface area (Å²) in [7, 11) is 0.